The van der Waals surface area contributed by atoms with Crippen LogP contribution < -0.4 is 0 Å². The molecule has 0 radical (unpaired) electrons. The highest BCUT2D eigenvalue weighted by molar-refractivity contribution is 5.46. The smallest absolute Gasteiger partial charge is 0.196 e. The van der Waals surface area contributed by atoms with E-state index in [1.807, 2.05) is 0 Å². The van der Waals surface area contributed by atoms with E-state index in [2.05, 4.69) is 0 Å². The standard InChI is InChI=1S/C8H5F5/c1-2-3-4(9)5(10)6(11)7(12)8(2,3)13/h2-3H,1H3. The number of rotatable bonds is 0. The minimum Gasteiger partial charge on any atom is -0.235 e. The van der Waals surface area contributed by atoms with Gasteiger partial charge in [-0.05, 0) is 0 Å². The highest BCUT2D eigenvalue weighted by Gasteiger charge is 2.72. The second-order valence-electron chi connectivity index (χ2n) is 3.32. The summed E-state index contributed by atoms with van der Waals surface area (Å²) < 4.78 is 63.8. The lowest BCUT2D eigenvalue weighted by Gasteiger charge is -2.10. The van der Waals surface area contributed by atoms with Crippen molar-refractivity contribution >= 4 is 0 Å². The van der Waals surface area contributed by atoms with Gasteiger partial charge in [0.2, 0.25) is 0 Å². The average molecular weight is 196 g/mol. The predicted molar refractivity (Wildman–Crippen MR) is 35.0 cm³/mol. The van der Waals surface area contributed by atoms with Crippen LogP contribution in [0.15, 0.2) is 23.3 Å². The first-order valence-electron chi connectivity index (χ1n) is 3.72. The van der Waals surface area contributed by atoms with Crippen molar-refractivity contribution in [1.29, 1.82) is 0 Å². The maximum atomic E-state index is 13.3. The van der Waals surface area contributed by atoms with E-state index in [1.54, 1.807) is 0 Å². The molecule has 3 unspecified atom stereocenters. The molecule has 0 bridgehead atoms. The third kappa shape index (κ3) is 0.752. The number of hydrogen-bond acceptors (Lipinski definition) is 0. The lowest BCUT2D eigenvalue weighted by molar-refractivity contribution is 0.242. The molecule has 5 heteroatoms. The summed E-state index contributed by atoms with van der Waals surface area (Å²) in [6.45, 7) is 1.20. The molecule has 0 spiro atoms. The Hall–Kier alpha value is -0.870. The maximum absolute atomic E-state index is 13.3. The summed E-state index contributed by atoms with van der Waals surface area (Å²) in [7, 11) is 0. The van der Waals surface area contributed by atoms with Crippen molar-refractivity contribution in [3.05, 3.63) is 23.3 Å². The van der Waals surface area contributed by atoms with E-state index in [0.29, 0.717) is 0 Å². The molecule has 1 fully saturated rings. The van der Waals surface area contributed by atoms with Crippen LogP contribution in [-0.4, -0.2) is 5.67 Å². The van der Waals surface area contributed by atoms with E-state index in [0.717, 1.165) is 0 Å². The van der Waals surface area contributed by atoms with Gasteiger partial charge >= 0.3 is 0 Å². The first kappa shape index (κ1) is 8.72. The molecule has 72 valence electrons. The van der Waals surface area contributed by atoms with Gasteiger partial charge in [0, 0.05) is 5.92 Å². The van der Waals surface area contributed by atoms with Gasteiger partial charge in [-0.1, -0.05) is 6.92 Å². The van der Waals surface area contributed by atoms with E-state index in [4.69, 9.17) is 0 Å². The summed E-state index contributed by atoms with van der Waals surface area (Å²) in [4.78, 5) is 0. The topological polar surface area (TPSA) is 0 Å². The Morgan fingerprint density at radius 1 is 1.08 bits per heavy atom. The first-order valence-corrected chi connectivity index (χ1v) is 3.72. The summed E-state index contributed by atoms with van der Waals surface area (Å²) in [6, 6.07) is 0. The van der Waals surface area contributed by atoms with Crippen molar-refractivity contribution in [2.24, 2.45) is 11.8 Å². The fourth-order valence-electron chi connectivity index (χ4n) is 1.77. The maximum Gasteiger partial charge on any atom is 0.196 e. The number of alkyl halides is 1. The molecule has 1 saturated carbocycles. The molecule has 0 aromatic rings. The summed E-state index contributed by atoms with van der Waals surface area (Å²) in [6.07, 6.45) is 0. The van der Waals surface area contributed by atoms with Crippen LogP contribution in [0.25, 0.3) is 0 Å². The van der Waals surface area contributed by atoms with Gasteiger partial charge < -0.3 is 0 Å². The van der Waals surface area contributed by atoms with Crippen molar-refractivity contribution in [2.45, 2.75) is 12.6 Å². The third-order valence-electron chi connectivity index (χ3n) is 2.71. The van der Waals surface area contributed by atoms with Crippen LogP contribution in [-0.2, 0) is 0 Å². The molecule has 0 amide bonds. The highest BCUT2D eigenvalue weighted by Crippen LogP contribution is 2.66. The summed E-state index contributed by atoms with van der Waals surface area (Å²) in [5.74, 6) is -9.79. The molecule has 2 rings (SSSR count). The molecular formula is C8H5F5. The molecule has 0 saturated heterocycles. The van der Waals surface area contributed by atoms with Crippen molar-refractivity contribution in [2.75, 3.05) is 0 Å². The highest BCUT2D eigenvalue weighted by atomic mass is 19.2. The second kappa shape index (κ2) is 2.13. The lowest BCUT2D eigenvalue weighted by Crippen LogP contribution is -2.13. The monoisotopic (exact) mass is 196 g/mol. The number of allylic oxidation sites excluding steroid dienone is 4. The molecule has 0 aliphatic heterocycles. The van der Waals surface area contributed by atoms with Gasteiger partial charge in [0.25, 0.3) is 0 Å². The Morgan fingerprint density at radius 3 is 2.15 bits per heavy atom. The molecular weight excluding hydrogens is 191 g/mol. The second-order valence-corrected chi connectivity index (χ2v) is 3.32. The minimum atomic E-state index is -2.65. The van der Waals surface area contributed by atoms with E-state index >= 15 is 0 Å². The normalized spacial score (nSPS) is 43.8. The van der Waals surface area contributed by atoms with E-state index in [-0.39, 0.29) is 0 Å². The van der Waals surface area contributed by atoms with Crippen LogP contribution in [0.3, 0.4) is 0 Å². The molecule has 0 aromatic heterocycles. The molecule has 2 aliphatic carbocycles. The SMILES string of the molecule is CC1C2C(F)=C(F)C(F)=C(F)C12F. The van der Waals surface area contributed by atoms with Crippen LogP contribution in [0.1, 0.15) is 6.92 Å². The zero-order valence-corrected chi connectivity index (χ0v) is 6.54. The van der Waals surface area contributed by atoms with Gasteiger partial charge in [-0.25, -0.2) is 22.0 Å². The fourth-order valence-corrected chi connectivity index (χ4v) is 1.77. The average Bonchev–Trinajstić information content (AvgIpc) is 2.65. The van der Waals surface area contributed by atoms with E-state index < -0.39 is 40.8 Å². The summed E-state index contributed by atoms with van der Waals surface area (Å²) in [5.41, 5.74) is -2.65. The van der Waals surface area contributed by atoms with Gasteiger partial charge in [0.15, 0.2) is 23.1 Å². The molecule has 0 nitrogen and oxygen atoms in total. The number of hydrogen-bond donors (Lipinski definition) is 0. The lowest BCUT2D eigenvalue weighted by atomic mass is 10.1. The summed E-state index contributed by atoms with van der Waals surface area (Å²) >= 11 is 0. The zero-order valence-electron chi connectivity index (χ0n) is 6.54. The zero-order chi connectivity index (χ0) is 9.96. The largest absolute Gasteiger partial charge is 0.235 e. The Balaban J connectivity index is 2.58. The van der Waals surface area contributed by atoms with Gasteiger partial charge in [-0.3, -0.25) is 0 Å². The van der Waals surface area contributed by atoms with Crippen LogP contribution in [0, 0.1) is 11.8 Å². The van der Waals surface area contributed by atoms with Crippen LogP contribution >= 0.6 is 0 Å². The Kier molecular flexibility index (Phi) is 1.43. The van der Waals surface area contributed by atoms with Crippen LogP contribution in [0.2, 0.25) is 0 Å². The number of fused-ring (bicyclic) bond motifs is 1. The third-order valence-corrected chi connectivity index (χ3v) is 2.71. The molecule has 0 heterocycles. The van der Waals surface area contributed by atoms with Crippen LogP contribution in [0.5, 0.6) is 0 Å². The molecule has 3 atom stereocenters. The van der Waals surface area contributed by atoms with Gasteiger partial charge in [-0.2, -0.15) is 0 Å². The van der Waals surface area contributed by atoms with Crippen molar-refractivity contribution in [1.82, 2.24) is 0 Å². The van der Waals surface area contributed by atoms with Gasteiger partial charge in [0.05, 0.1) is 5.92 Å². The fraction of sp³-hybridized carbons (Fsp3) is 0.500. The Morgan fingerprint density at radius 2 is 1.62 bits per heavy atom. The van der Waals surface area contributed by atoms with Crippen molar-refractivity contribution < 1.29 is 22.0 Å². The summed E-state index contributed by atoms with van der Waals surface area (Å²) in [5, 5.41) is 0. The van der Waals surface area contributed by atoms with Gasteiger partial charge in [-0.15, -0.1) is 0 Å². The molecule has 13 heavy (non-hydrogen) atoms. The molecule has 0 N–H and O–H groups in total. The first-order chi connectivity index (χ1) is 5.92. The van der Waals surface area contributed by atoms with E-state index in [1.165, 1.54) is 6.92 Å². The predicted octanol–water partition coefficient (Wildman–Crippen LogP) is 3.28. The van der Waals surface area contributed by atoms with Crippen LogP contribution in [0.4, 0.5) is 22.0 Å². The molecule has 0 aromatic carbocycles. The molecule has 2 aliphatic rings. The quantitative estimate of drug-likeness (QED) is 0.521. The minimum absolute atomic E-state index is 1.04. The Bertz CT molecular complexity index is 342. The Labute approximate surface area is 70.7 Å². The number of halogens is 5. The van der Waals surface area contributed by atoms with Crippen molar-refractivity contribution in [3.8, 4) is 0 Å². The van der Waals surface area contributed by atoms with Gasteiger partial charge in [0.1, 0.15) is 5.83 Å². The van der Waals surface area contributed by atoms with Crippen molar-refractivity contribution in [3.63, 3.8) is 0 Å². The van der Waals surface area contributed by atoms with E-state index in [9.17, 15) is 22.0 Å².